The summed E-state index contributed by atoms with van der Waals surface area (Å²) >= 11 is 12.6. The topological polar surface area (TPSA) is 23.5 Å². The molecular formula is C23H29Cl2NO. The molecule has 0 saturated carbocycles. The lowest BCUT2D eigenvalue weighted by Gasteiger charge is -2.26. The van der Waals surface area contributed by atoms with E-state index in [1.807, 2.05) is 24.3 Å². The maximum atomic E-state index is 11.1. The molecule has 0 fully saturated rings. The molecule has 3 rings (SSSR count). The monoisotopic (exact) mass is 405 g/mol. The molecule has 0 bridgehead atoms. The Hall–Kier alpha value is -1.06. The number of rotatable bonds is 9. The Morgan fingerprint density at radius 3 is 2.30 bits per heavy atom. The maximum absolute atomic E-state index is 11.1. The van der Waals surface area contributed by atoms with Crippen LogP contribution in [0.3, 0.4) is 0 Å². The highest BCUT2D eigenvalue weighted by molar-refractivity contribution is 6.31. The number of hydrogen-bond acceptors (Lipinski definition) is 2. The molecule has 0 heterocycles. The Bertz CT molecular complexity index is 782. The van der Waals surface area contributed by atoms with Crippen molar-refractivity contribution in [1.29, 1.82) is 0 Å². The minimum absolute atomic E-state index is 0.548. The quantitative estimate of drug-likeness (QED) is 0.438. The van der Waals surface area contributed by atoms with E-state index in [-0.39, 0.29) is 0 Å². The molecule has 0 amide bonds. The Balaban J connectivity index is 1.89. The number of aliphatic hydroxyl groups is 1. The van der Waals surface area contributed by atoms with Crippen molar-refractivity contribution in [3.05, 3.63) is 57.1 Å². The molecule has 4 heteroatoms. The Morgan fingerprint density at radius 2 is 1.63 bits per heavy atom. The lowest BCUT2D eigenvalue weighted by molar-refractivity contribution is 0.111. The van der Waals surface area contributed by atoms with Crippen LogP contribution in [0.15, 0.2) is 30.3 Å². The average Bonchev–Trinajstić information content (AvgIpc) is 2.99. The van der Waals surface area contributed by atoms with E-state index in [1.165, 1.54) is 29.5 Å². The molecule has 1 N–H and O–H groups in total. The van der Waals surface area contributed by atoms with Crippen molar-refractivity contribution in [2.45, 2.75) is 52.1 Å². The first kappa shape index (κ1) is 20.7. The zero-order chi connectivity index (χ0) is 19.4. The third-order valence-electron chi connectivity index (χ3n) is 5.38. The lowest BCUT2D eigenvalue weighted by Crippen LogP contribution is -2.31. The molecule has 2 aromatic carbocycles. The van der Waals surface area contributed by atoms with E-state index in [9.17, 15) is 5.11 Å². The molecule has 1 unspecified atom stereocenters. The number of fused-ring (bicyclic) bond motifs is 3. The Morgan fingerprint density at radius 1 is 0.963 bits per heavy atom. The highest BCUT2D eigenvalue weighted by atomic mass is 35.5. The van der Waals surface area contributed by atoms with E-state index in [2.05, 4.69) is 24.8 Å². The van der Waals surface area contributed by atoms with Crippen LogP contribution in [0.25, 0.3) is 11.1 Å². The van der Waals surface area contributed by atoms with Crippen LogP contribution in [0.4, 0.5) is 0 Å². The van der Waals surface area contributed by atoms with Crippen molar-refractivity contribution in [2.24, 2.45) is 0 Å². The largest absolute Gasteiger partial charge is 0.387 e. The molecule has 2 aromatic rings. The van der Waals surface area contributed by atoms with E-state index in [1.54, 1.807) is 0 Å². The molecule has 146 valence electrons. The van der Waals surface area contributed by atoms with Crippen LogP contribution in [0.2, 0.25) is 10.0 Å². The molecule has 1 aliphatic carbocycles. The Kier molecular flexibility index (Phi) is 7.22. The van der Waals surface area contributed by atoms with Crippen LogP contribution in [-0.4, -0.2) is 29.6 Å². The smallest absolute Gasteiger partial charge is 0.0923 e. The van der Waals surface area contributed by atoms with Crippen LogP contribution in [0.1, 0.15) is 62.3 Å². The fourth-order valence-corrected chi connectivity index (χ4v) is 4.42. The molecule has 2 nitrogen and oxygen atoms in total. The SMILES string of the molecule is CCCCN(CCCC)CC(O)c1cc(Cl)cc2c1-c1ccc(Cl)cc1C2. The summed E-state index contributed by atoms with van der Waals surface area (Å²) in [6.07, 6.45) is 4.92. The summed E-state index contributed by atoms with van der Waals surface area (Å²) in [4.78, 5) is 2.39. The van der Waals surface area contributed by atoms with Gasteiger partial charge in [0.15, 0.2) is 0 Å². The fraction of sp³-hybridized carbons (Fsp3) is 0.478. The van der Waals surface area contributed by atoms with E-state index in [4.69, 9.17) is 23.2 Å². The van der Waals surface area contributed by atoms with Crippen LogP contribution >= 0.6 is 23.2 Å². The van der Waals surface area contributed by atoms with Crippen molar-refractivity contribution in [2.75, 3.05) is 19.6 Å². The van der Waals surface area contributed by atoms with Crippen molar-refractivity contribution in [3.8, 4) is 11.1 Å². The van der Waals surface area contributed by atoms with Gasteiger partial charge in [0.2, 0.25) is 0 Å². The van der Waals surface area contributed by atoms with Gasteiger partial charge < -0.3 is 10.0 Å². The number of halogens is 2. The summed E-state index contributed by atoms with van der Waals surface area (Å²) in [6, 6.07) is 9.98. The number of benzene rings is 2. The molecule has 0 aromatic heterocycles. The summed E-state index contributed by atoms with van der Waals surface area (Å²) < 4.78 is 0. The van der Waals surface area contributed by atoms with Crippen LogP contribution in [0.5, 0.6) is 0 Å². The predicted molar refractivity (Wildman–Crippen MR) is 116 cm³/mol. The van der Waals surface area contributed by atoms with E-state index in [0.717, 1.165) is 48.5 Å². The Labute approximate surface area is 173 Å². The van der Waals surface area contributed by atoms with Crippen molar-refractivity contribution in [1.82, 2.24) is 4.90 Å². The van der Waals surface area contributed by atoms with Gasteiger partial charge >= 0.3 is 0 Å². The zero-order valence-corrected chi connectivity index (χ0v) is 17.8. The second-order valence-electron chi connectivity index (χ2n) is 7.53. The lowest BCUT2D eigenvalue weighted by atomic mass is 9.95. The van der Waals surface area contributed by atoms with Gasteiger partial charge in [-0.05, 0) is 84.4 Å². The van der Waals surface area contributed by atoms with E-state index in [0.29, 0.717) is 11.6 Å². The first-order valence-electron chi connectivity index (χ1n) is 10.0. The highest BCUT2D eigenvalue weighted by Crippen LogP contribution is 2.43. The number of unbranched alkanes of at least 4 members (excludes halogenated alkanes) is 2. The minimum Gasteiger partial charge on any atom is -0.387 e. The van der Waals surface area contributed by atoms with Gasteiger partial charge in [-0.3, -0.25) is 0 Å². The fourth-order valence-electron chi connectivity index (χ4n) is 3.98. The summed E-state index contributed by atoms with van der Waals surface area (Å²) in [5, 5.41) is 12.6. The van der Waals surface area contributed by atoms with Crippen LogP contribution in [-0.2, 0) is 6.42 Å². The third-order valence-corrected chi connectivity index (χ3v) is 5.83. The summed E-state index contributed by atoms with van der Waals surface area (Å²) in [5.41, 5.74) is 5.65. The summed E-state index contributed by atoms with van der Waals surface area (Å²) in [7, 11) is 0. The van der Waals surface area contributed by atoms with E-state index < -0.39 is 6.10 Å². The normalized spacial score (nSPS) is 13.7. The molecule has 0 radical (unpaired) electrons. The molecular weight excluding hydrogens is 377 g/mol. The summed E-state index contributed by atoms with van der Waals surface area (Å²) in [6.45, 7) is 7.13. The zero-order valence-electron chi connectivity index (χ0n) is 16.3. The second kappa shape index (κ2) is 9.43. The first-order valence-corrected chi connectivity index (χ1v) is 10.8. The number of aliphatic hydroxyl groups excluding tert-OH is 1. The van der Waals surface area contributed by atoms with E-state index >= 15 is 0 Å². The van der Waals surface area contributed by atoms with Gasteiger partial charge in [0.05, 0.1) is 6.10 Å². The second-order valence-corrected chi connectivity index (χ2v) is 8.40. The molecule has 0 saturated heterocycles. The van der Waals surface area contributed by atoms with Gasteiger partial charge in [-0.1, -0.05) is 56.0 Å². The summed E-state index contributed by atoms with van der Waals surface area (Å²) in [5.74, 6) is 0. The van der Waals surface area contributed by atoms with Crippen molar-refractivity contribution < 1.29 is 5.11 Å². The van der Waals surface area contributed by atoms with Gasteiger partial charge in [0.1, 0.15) is 0 Å². The average molecular weight is 406 g/mol. The van der Waals surface area contributed by atoms with Gasteiger partial charge in [-0.15, -0.1) is 0 Å². The molecule has 0 spiro atoms. The van der Waals surface area contributed by atoms with Gasteiger partial charge in [-0.25, -0.2) is 0 Å². The predicted octanol–water partition coefficient (Wildman–Crippen LogP) is 6.50. The number of hydrogen-bond donors (Lipinski definition) is 1. The van der Waals surface area contributed by atoms with Gasteiger partial charge in [0.25, 0.3) is 0 Å². The molecule has 1 aliphatic rings. The first-order chi connectivity index (χ1) is 13.0. The van der Waals surface area contributed by atoms with Gasteiger partial charge in [-0.2, -0.15) is 0 Å². The number of nitrogens with zero attached hydrogens (tertiary/aromatic N) is 1. The van der Waals surface area contributed by atoms with Crippen molar-refractivity contribution in [3.63, 3.8) is 0 Å². The van der Waals surface area contributed by atoms with Gasteiger partial charge in [0, 0.05) is 16.6 Å². The molecule has 27 heavy (non-hydrogen) atoms. The highest BCUT2D eigenvalue weighted by Gasteiger charge is 2.26. The van der Waals surface area contributed by atoms with Crippen LogP contribution < -0.4 is 0 Å². The third kappa shape index (κ3) is 4.86. The molecule has 0 aliphatic heterocycles. The molecule has 1 atom stereocenters. The van der Waals surface area contributed by atoms with Crippen LogP contribution in [0, 0.1) is 0 Å². The minimum atomic E-state index is -0.548. The standard InChI is InChI=1S/C23H29Cl2NO/c1-3-5-9-26(10-6-4-2)15-22(27)21-14-19(25)13-17-11-16-12-18(24)7-8-20(16)23(17)21/h7-8,12-14,22,27H,3-6,9-11,15H2,1-2H3. The van der Waals surface area contributed by atoms with Crippen molar-refractivity contribution >= 4 is 23.2 Å². The maximum Gasteiger partial charge on any atom is 0.0923 e.